The number of nitrogens with zero attached hydrogens (tertiary/aromatic N) is 2. The van der Waals surface area contributed by atoms with Gasteiger partial charge >= 0.3 is 12.1 Å². The summed E-state index contributed by atoms with van der Waals surface area (Å²) in [5, 5.41) is 14.6. The maximum Gasteiger partial charge on any atom is 0.408 e. The van der Waals surface area contributed by atoms with Crippen molar-refractivity contribution in [1.82, 2.24) is 14.9 Å². The van der Waals surface area contributed by atoms with Crippen molar-refractivity contribution in [3.8, 4) is 5.13 Å². The molecule has 8 heteroatoms. The third-order valence-corrected chi connectivity index (χ3v) is 4.32. The van der Waals surface area contributed by atoms with Crippen molar-refractivity contribution in [2.24, 2.45) is 0 Å². The fourth-order valence-corrected chi connectivity index (χ4v) is 3.28. The lowest BCUT2D eigenvalue weighted by Gasteiger charge is -2.22. The van der Waals surface area contributed by atoms with Crippen LogP contribution in [0.3, 0.4) is 0 Å². The Kier molecular flexibility index (Phi) is 5.52. The number of rotatable bonds is 5. The molecule has 0 aliphatic heterocycles. The summed E-state index contributed by atoms with van der Waals surface area (Å²) in [6, 6.07) is 0.851. The Morgan fingerprint density at radius 1 is 1.40 bits per heavy atom. The standard InChI is InChI=1S/C17H23N3O4S/c1-10-8-12(11(2)20(10)15-18-6-7-25-15)9-13(14(21)22)19-16(23)24-17(3,4)5/h6-8,13H,9H2,1-5H3,(H,19,23)(H,21,22). The summed E-state index contributed by atoms with van der Waals surface area (Å²) in [5.41, 5.74) is 2.03. The molecular weight excluding hydrogens is 342 g/mol. The van der Waals surface area contributed by atoms with E-state index in [4.69, 9.17) is 4.74 Å². The minimum absolute atomic E-state index is 0.166. The molecule has 2 aromatic heterocycles. The molecule has 0 aliphatic rings. The summed E-state index contributed by atoms with van der Waals surface area (Å²) >= 11 is 1.51. The molecule has 0 aliphatic carbocycles. The van der Waals surface area contributed by atoms with Gasteiger partial charge in [0.05, 0.1) is 0 Å². The second kappa shape index (κ2) is 7.26. The highest BCUT2D eigenvalue weighted by Gasteiger charge is 2.26. The quantitative estimate of drug-likeness (QED) is 0.849. The molecule has 0 bridgehead atoms. The fourth-order valence-electron chi connectivity index (χ4n) is 2.53. The minimum atomic E-state index is -1.11. The van der Waals surface area contributed by atoms with E-state index in [0.29, 0.717) is 0 Å². The number of carboxylic acid groups (broad SMARTS) is 1. The van der Waals surface area contributed by atoms with E-state index in [1.165, 1.54) is 11.3 Å². The zero-order chi connectivity index (χ0) is 18.8. The van der Waals surface area contributed by atoms with Gasteiger partial charge in [-0.25, -0.2) is 14.6 Å². The van der Waals surface area contributed by atoms with Gasteiger partial charge in [-0.3, -0.25) is 4.57 Å². The zero-order valence-corrected chi connectivity index (χ0v) is 15.8. The van der Waals surface area contributed by atoms with Crippen molar-refractivity contribution >= 4 is 23.4 Å². The molecule has 2 N–H and O–H groups in total. The van der Waals surface area contributed by atoms with E-state index >= 15 is 0 Å². The molecular formula is C17H23N3O4S. The molecule has 0 saturated carbocycles. The van der Waals surface area contributed by atoms with Crippen molar-refractivity contribution in [3.05, 3.63) is 34.6 Å². The third kappa shape index (κ3) is 4.82. The highest BCUT2D eigenvalue weighted by molar-refractivity contribution is 7.12. The molecule has 2 rings (SSSR count). The number of amides is 1. The lowest BCUT2D eigenvalue weighted by molar-refractivity contribution is -0.139. The second-order valence-corrected chi connectivity index (χ2v) is 7.66. The van der Waals surface area contributed by atoms with Gasteiger partial charge in [-0.15, -0.1) is 11.3 Å². The van der Waals surface area contributed by atoms with Gasteiger partial charge in [0.2, 0.25) is 0 Å². The monoisotopic (exact) mass is 365 g/mol. The van der Waals surface area contributed by atoms with Crippen LogP contribution in [0.5, 0.6) is 0 Å². The maximum absolute atomic E-state index is 11.9. The van der Waals surface area contributed by atoms with E-state index in [1.807, 2.05) is 29.9 Å². The first-order valence-electron chi connectivity index (χ1n) is 7.88. The molecule has 2 heterocycles. The van der Waals surface area contributed by atoms with Gasteiger partial charge in [0, 0.05) is 29.4 Å². The average molecular weight is 365 g/mol. The van der Waals surface area contributed by atoms with Gasteiger partial charge < -0.3 is 15.2 Å². The Hall–Kier alpha value is -2.35. The summed E-state index contributed by atoms with van der Waals surface area (Å²) < 4.78 is 7.13. The van der Waals surface area contributed by atoms with Crippen LogP contribution in [0.1, 0.15) is 37.7 Å². The number of nitrogens with one attached hydrogen (secondary N) is 1. The van der Waals surface area contributed by atoms with Crippen LogP contribution >= 0.6 is 11.3 Å². The van der Waals surface area contributed by atoms with Crippen LogP contribution in [-0.2, 0) is 16.0 Å². The van der Waals surface area contributed by atoms with Crippen LogP contribution in [0, 0.1) is 13.8 Å². The number of carboxylic acids is 1. The highest BCUT2D eigenvalue weighted by Crippen LogP contribution is 2.23. The summed E-state index contributed by atoms with van der Waals surface area (Å²) in [7, 11) is 0. The van der Waals surface area contributed by atoms with Crippen molar-refractivity contribution in [2.75, 3.05) is 0 Å². The molecule has 0 saturated heterocycles. The number of aryl methyl sites for hydroxylation is 1. The van der Waals surface area contributed by atoms with Gasteiger partial charge in [-0.1, -0.05) is 0 Å². The third-order valence-electron chi connectivity index (χ3n) is 3.56. The molecule has 1 unspecified atom stereocenters. The normalized spacial score (nSPS) is 12.7. The van der Waals surface area contributed by atoms with E-state index < -0.39 is 23.7 Å². The van der Waals surface area contributed by atoms with Crippen LogP contribution < -0.4 is 5.32 Å². The number of aliphatic carboxylic acids is 1. The van der Waals surface area contributed by atoms with E-state index in [0.717, 1.165) is 22.1 Å². The van der Waals surface area contributed by atoms with Gasteiger partial charge in [0.25, 0.3) is 0 Å². The number of hydrogen-bond acceptors (Lipinski definition) is 5. The van der Waals surface area contributed by atoms with Crippen molar-refractivity contribution in [1.29, 1.82) is 0 Å². The Labute approximate surface area is 150 Å². The predicted molar refractivity (Wildman–Crippen MR) is 95.4 cm³/mol. The minimum Gasteiger partial charge on any atom is -0.480 e. The molecule has 1 atom stereocenters. The van der Waals surface area contributed by atoms with Gasteiger partial charge in [0.15, 0.2) is 5.13 Å². The van der Waals surface area contributed by atoms with Crippen LogP contribution in [0.2, 0.25) is 0 Å². The second-order valence-electron chi connectivity index (χ2n) is 6.79. The SMILES string of the molecule is Cc1cc(CC(NC(=O)OC(C)(C)C)C(=O)O)c(C)n1-c1nccs1. The number of thiazole rings is 1. The van der Waals surface area contributed by atoms with Crippen molar-refractivity contribution in [3.63, 3.8) is 0 Å². The fraction of sp³-hybridized carbons (Fsp3) is 0.471. The van der Waals surface area contributed by atoms with Gasteiger partial charge in [0.1, 0.15) is 11.6 Å². The largest absolute Gasteiger partial charge is 0.480 e. The molecule has 1 amide bonds. The number of carbonyl (C=O) groups is 2. The predicted octanol–water partition coefficient (Wildman–Crippen LogP) is 3.07. The molecule has 25 heavy (non-hydrogen) atoms. The molecule has 0 fully saturated rings. The lowest BCUT2D eigenvalue weighted by Crippen LogP contribution is -2.44. The number of aromatic nitrogens is 2. The first-order valence-corrected chi connectivity index (χ1v) is 8.76. The Bertz CT molecular complexity index is 760. The van der Waals surface area contributed by atoms with Crippen molar-refractivity contribution < 1.29 is 19.4 Å². The number of alkyl carbamates (subject to hydrolysis) is 1. The molecule has 0 radical (unpaired) electrons. The van der Waals surface area contributed by atoms with Crippen LogP contribution in [0.25, 0.3) is 5.13 Å². The summed E-state index contributed by atoms with van der Waals surface area (Å²) in [6.07, 6.45) is 1.15. The maximum atomic E-state index is 11.9. The van der Waals surface area contributed by atoms with Crippen molar-refractivity contribution in [2.45, 2.75) is 52.7 Å². The lowest BCUT2D eigenvalue weighted by atomic mass is 10.1. The van der Waals surface area contributed by atoms with E-state index in [9.17, 15) is 14.7 Å². The number of carbonyl (C=O) groups excluding carboxylic acids is 1. The molecule has 0 aromatic carbocycles. The Balaban J connectivity index is 2.19. The highest BCUT2D eigenvalue weighted by atomic mass is 32.1. The van der Waals surface area contributed by atoms with Crippen LogP contribution in [0.4, 0.5) is 4.79 Å². The first-order chi connectivity index (χ1) is 11.6. The van der Waals surface area contributed by atoms with Gasteiger partial charge in [-0.2, -0.15) is 0 Å². The zero-order valence-electron chi connectivity index (χ0n) is 15.0. The number of hydrogen-bond donors (Lipinski definition) is 2. The van der Waals surface area contributed by atoms with E-state index in [-0.39, 0.29) is 6.42 Å². The van der Waals surface area contributed by atoms with E-state index in [1.54, 1.807) is 27.0 Å². The summed E-state index contributed by atoms with van der Waals surface area (Å²) in [4.78, 5) is 27.7. The molecule has 7 nitrogen and oxygen atoms in total. The molecule has 2 aromatic rings. The van der Waals surface area contributed by atoms with Crippen LogP contribution in [0.15, 0.2) is 17.6 Å². The average Bonchev–Trinajstić information content (AvgIpc) is 3.05. The smallest absolute Gasteiger partial charge is 0.408 e. The number of ether oxygens (including phenoxy) is 1. The summed E-state index contributed by atoms with van der Waals surface area (Å²) in [6.45, 7) is 9.03. The molecule has 0 spiro atoms. The Morgan fingerprint density at radius 2 is 2.08 bits per heavy atom. The Morgan fingerprint density at radius 3 is 2.60 bits per heavy atom. The molecule has 136 valence electrons. The first kappa shape index (κ1) is 19.0. The van der Waals surface area contributed by atoms with Gasteiger partial charge in [-0.05, 0) is 46.2 Å². The van der Waals surface area contributed by atoms with Crippen LogP contribution in [-0.4, -0.2) is 38.4 Å². The van der Waals surface area contributed by atoms with E-state index in [2.05, 4.69) is 10.3 Å². The topological polar surface area (TPSA) is 93.5 Å². The summed E-state index contributed by atoms with van der Waals surface area (Å²) in [5.74, 6) is -1.11.